The number of nitrogens with zero attached hydrogens (tertiary/aromatic N) is 2. The molecule has 0 aliphatic rings. The average molecular weight is 486 g/mol. The second kappa shape index (κ2) is 10.8. The summed E-state index contributed by atoms with van der Waals surface area (Å²) < 4.78 is 25.9. The minimum atomic E-state index is -3.84. The SMILES string of the molecule is CC[C@@H](C(=O)NC)N(Cc1ccccc1)C(=O)CN(c1cc(Cl)cc(Cl)c1)S(C)(=O)=O. The first-order valence-electron chi connectivity index (χ1n) is 9.55. The molecule has 168 valence electrons. The number of hydrogen-bond acceptors (Lipinski definition) is 4. The minimum Gasteiger partial charge on any atom is -0.357 e. The number of sulfonamides is 1. The number of rotatable bonds is 9. The van der Waals surface area contributed by atoms with Crippen LogP contribution in [0.2, 0.25) is 10.0 Å². The molecular weight excluding hydrogens is 461 g/mol. The van der Waals surface area contributed by atoms with Gasteiger partial charge in [-0.25, -0.2) is 8.42 Å². The predicted molar refractivity (Wildman–Crippen MR) is 124 cm³/mol. The highest BCUT2D eigenvalue weighted by Crippen LogP contribution is 2.27. The molecule has 2 aromatic carbocycles. The van der Waals surface area contributed by atoms with Gasteiger partial charge in [0.05, 0.1) is 11.9 Å². The van der Waals surface area contributed by atoms with Crippen LogP contribution in [0.5, 0.6) is 0 Å². The molecular formula is C21H25Cl2N3O4S. The van der Waals surface area contributed by atoms with E-state index < -0.39 is 28.5 Å². The predicted octanol–water partition coefficient (Wildman–Crippen LogP) is 3.31. The number of halogens is 2. The van der Waals surface area contributed by atoms with Gasteiger partial charge in [-0.1, -0.05) is 60.5 Å². The molecule has 0 spiro atoms. The molecule has 0 aliphatic carbocycles. The van der Waals surface area contributed by atoms with E-state index >= 15 is 0 Å². The molecule has 0 aliphatic heterocycles. The fourth-order valence-electron chi connectivity index (χ4n) is 3.16. The minimum absolute atomic E-state index is 0.152. The van der Waals surface area contributed by atoms with E-state index in [1.807, 2.05) is 30.3 Å². The van der Waals surface area contributed by atoms with E-state index in [1.165, 1.54) is 30.1 Å². The molecule has 0 unspecified atom stereocenters. The largest absolute Gasteiger partial charge is 0.357 e. The van der Waals surface area contributed by atoms with E-state index in [0.717, 1.165) is 16.1 Å². The lowest BCUT2D eigenvalue weighted by Gasteiger charge is -2.32. The molecule has 1 N–H and O–H groups in total. The number of amides is 2. The molecule has 2 amide bonds. The maximum Gasteiger partial charge on any atom is 0.244 e. The zero-order valence-electron chi connectivity index (χ0n) is 17.5. The number of nitrogens with one attached hydrogen (secondary N) is 1. The third-order valence-corrected chi connectivity index (χ3v) is 6.22. The van der Waals surface area contributed by atoms with Crippen LogP contribution in [0.1, 0.15) is 18.9 Å². The third-order valence-electron chi connectivity index (χ3n) is 4.64. The van der Waals surface area contributed by atoms with Crippen LogP contribution < -0.4 is 9.62 Å². The van der Waals surface area contributed by atoms with E-state index in [2.05, 4.69) is 5.32 Å². The fraction of sp³-hybridized carbons (Fsp3) is 0.333. The molecule has 0 saturated heterocycles. The highest BCUT2D eigenvalue weighted by Gasteiger charge is 2.31. The number of carbonyl (C=O) groups is 2. The van der Waals surface area contributed by atoms with E-state index in [-0.39, 0.29) is 28.2 Å². The molecule has 0 aromatic heterocycles. The standard InChI is InChI=1S/C21H25Cl2N3O4S/c1-4-19(21(28)24-2)25(13-15-8-6-5-7-9-15)20(27)14-26(31(3,29)30)18-11-16(22)10-17(23)12-18/h5-12,19H,4,13-14H2,1-3H3,(H,24,28)/t19-/m0/s1. The van der Waals surface area contributed by atoms with E-state index in [1.54, 1.807) is 6.92 Å². The lowest BCUT2D eigenvalue weighted by Crippen LogP contribution is -2.51. The second-order valence-electron chi connectivity index (χ2n) is 6.94. The van der Waals surface area contributed by atoms with E-state index in [0.29, 0.717) is 6.42 Å². The monoisotopic (exact) mass is 485 g/mol. The molecule has 31 heavy (non-hydrogen) atoms. The smallest absolute Gasteiger partial charge is 0.244 e. The van der Waals surface area contributed by atoms with Gasteiger partial charge in [-0.05, 0) is 30.2 Å². The quantitative estimate of drug-likeness (QED) is 0.589. The number of hydrogen-bond donors (Lipinski definition) is 1. The Morgan fingerprint density at radius 2 is 1.65 bits per heavy atom. The zero-order chi connectivity index (χ0) is 23.2. The maximum atomic E-state index is 13.3. The molecule has 0 saturated carbocycles. The fourth-order valence-corrected chi connectivity index (χ4v) is 4.51. The number of likely N-dealkylation sites (N-methyl/N-ethyl adjacent to an activating group) is 1. The Balaban J connectivity index is 2.44. The first-order chi connectivity index (χ1) is 14.6. The number of carbonyl (C=O) groups excluding carboxylic acids is 2. The summed E-state index contributed by atoms with van der Waals surface area (Å²) in [7, 11) is -2.35. The van der Waals surface area contributed by atoms with Crippen LogP contribution >= 0.6 is 23.2 Å². The van der Waals surface area contributed by atoms with Crippen molar-refractivity contribution in [2.24, 2.45) is 0 Å². The molecule has 0 radical (unpaired) electrons. The Morgan fingerprint density at radius 1 is 1.06 bits per heavy atom. The topological polar surface area (TPSA) is 86.8 Å². The summed E-state index contributed by atoms with van der Waals surface area (Å²) in [6.45, 7) is 1.44. The first-order valence-corrected chi connectivity index (χ1v) is 12.2. The normalized spacial score (nSPS) is 12.2. The summed E-state index contributed by atoms with van der Waals surface area (Å²) >= 11 is 12.1. The van der Waals surface area contributed by atoms with Crippen LogP contribution in [0.3, 0.4) is 0 Å². The Bertz CT molecular complexity index is 1010. The summed E-state index contributed by atoms with van der Waals surface area (Å²) in [6, 6.07) is 12.7. The second-order valence-corrected chi connectivity index (χ2v) is 9.72. The van der Waals surface area contributed by atoms with E-state index in [9.17, 15) is 18.0 Å². The van der Waals surface area contributed by atoms with Crippen molar-refractivity contribution in [3.05, 3.63) is 64.1 Å². The molecule has 0 heterocycles. The van der Waals surface area contributed by atoms with Gasteiger partial charge in [-0.15, -0.1) is 0 Å². The Kier molecular flexibility index (Phi) is 8.73. The highest BCUT2D eigenvalue weighted by atomic mass is 35.5. The highest BCUT2D eigenvalue weighted by molar-refractivity contribution is 7.92. The van der Waals surface area contributed by atoms with Gasteiger partial charge in [0.15, 0.2) is 0 Å². The Labute approximate surface area is 193 Å². The van der Waals surface area contributed by atoms with Crippen LogP contribution in [0, 0.1) is 0 Å². The summed E-state index contributed by atoms with van der Waals surface area (Å²) in [6.07, 6.45) is 1.35. The first kappa shape index (κ1) is 25.0. The van der Waals surface area contributed by atoms with Crippen molar-refractivity contribution in [2.75, 3.05) is 24.2 Å². The third kappa shape index (κ3) is 6.85. The van der Waals surface area contributed by atoms with Gasteiger partial charge < -0.3 is 10.2 Å². The van der Waals surface area contributed by atoms with Crippen LogP contribution in [0.4, 0.5) is 5.69 Å². The van der Waals surface area contributed by atoms with Crippen molar-refractivity contribution >= 4 is 50.7 Å². The van der Waals surface area contributed by atoms with Gasteiger partial charge in [-0.2, -0.15) is 0 Å². The van der Waals surface area contributed by atoms with Crippen LogP contribution in [0.25, 0.3) is 0 Å². The van der Waals surface area contributed by atoms with Crippen molar-refractivity contribution in [2.45, 2.75) is 25.9 Å². The Hall–Kier alpha value is -2.29. The summed E-state index contributed by atoms with van der Waals surface area (Å²) in [4.78, 5) is 27.2. The maximum absolute atomic E-state index is 13.3. The molecule has 0 fully saturated rings. The molecule has 10 heteroatoms. The van der Waals surface area contributed by atoms with Gasteiger partial charge in [0.1, 0.15) is 12.6 Å². The van der Waals surface area contributed by atoms with Crippen molar-refractivity contribution in [3.8, 4) is 0 Å². The van der Waals surface area contributed by atoms with E-state index in [4.69, 9.17) is 23.2 Å². The molecule has 2 aromatic rings. The van der Waals surface area contributed by atoms with Crippen molar-refractivity contribution < 1.29 is 18.0 Å². The van der Waals surface area contributed by atoms with Gasteiger partial charge in [0.25, 0.3) is 0 Å². The summed E-state index contributed by atoms with van der Waals surface area (Å²) in [5.74, 6) is -0.857. The molecule has 0 bridgehead atoms. The van der Waals surface area contributed by atoms with Crippen molar-refractivity contribution in [1.82, 2.24) is 10.2 Å². The average Bonchev–Trinajstić information content (AvgIpc) is 2.70. The van der Waals surface area contributed by atoms with Crippen LogP contribution in [0.15, 0.2) is 48.5 Å². The molecule has 7 nitrogen and oxygen atoms in total. The molecule has 1 atom stereocenters. The lowest BCUT2D eigenvalue weighted by molar-refractivity contribution is -0.140. The van der Waals surface area contributed by atoms with Gasteiger partial charge in [-0.3, -0.25) is 13.9 Å². The number of benzene rings is 2. The number of anilines is 1. The summed E-state index contributed by atoms with van der Waals surface area (Å²) in [5.41, 5.74) is 0.982. The van der Waals surface area contributed by atoms with Gasteiger partial charge in [0.2, 0.25) is 21.8 Å². The van der Waals surface area contributed by atoms with Crippen LogP contribution in [-0.2, 0) is 26.2 Å². The van der Waals surface area contributed by atoms with Gasteiger partial charge in [0, 0.05) is 23.6 Å². The lowest BCUT2D eigenvalue weighted by atomic mass is 10.1. The van der Waals surface area contributed by atoms with Crippen LogP contribution in [-0.4, -0.2) is 51.0 Å². The van der Waals surface area contributed by atoms with Gasteiger partial charge >= 0.3 is 0 Å². The van der Waals surface area contributed by atoms with Crippen molar-refractivity contribution in [1.29, 1.82) is 0 Å². The summed E-state index contributed by atoms with van der Waals surface area (Å²) in [5, 5.41) is 3.04. The Morgan fingerprint density at radius 3 is 2.13 bits per heavy atom. The molecule has 2 rings (SSSR count). The zero-order valence-corrected chi connectivity index (χ0v) is 19.8. The van der Waals surface area contributed by atoms with Crippen molar-refractivity contribution in [3.63, 3.8) is 0 Å².